The highest BCUT2D eigenvalue weighted by atomic mass is 16.7. The Balaban J connectivity index is 1.32. The third kappa shape index (κ3) is 4.06. The van der Waals surface area contributed by atoms with Crippen LogP contribution < -0.4 is 19.1 Å². The summed E-state index contributed by atoms with van der Waals surface area (Å²) in [5, 5.41) is 10.2. The largest absolute Gasteiger partial charge is 0.508 e. The predicted octanol–water partition coefficient (Wildman–Crippen LogP) is 4.92. The number of fused-ring (bicyclic) bond motifs is 2. The Hall–Kier alpha value is -3.38. The van der Waals surface area contributed by atoms with Gasteiger partial charge in [0.25, 0.3) is 0 Å². The Kier molecular flexibility index (Phi) is 5.69. The average Bonchev–Trinajstić information content (AvgIpc) is 3.56. The molecule has 1 N–H and O–H groups in total. The number of hydrogen-bond donors (Lipinski definition) is 1. The van der Waals surface area contributed by atoms with Crippen molar-refractivity contribution in [3.8, 4) is 23.0 Å². The van der Waals surface area contributed by atoms with Gasteiger partial charge in [-0.25, -0.2) is 0 Å². The Morgan fingerprint density at radius 2 is 1.71 bits per heavy atom. The number of phenols is 1. The molecule has 0 radical (unpaired) electrons. The Morgan fingerprint density at radius 1 is 0.914 bits per heavy atom. The minimum atomic E-state index is -0.428. The third-order valence-electron chi connectivity index (χ3n) is 7.72. The summed E-state index contributed by atoms with van der Waals surface area (Å²) in [7, 11) is 0. The molecule has 6 heteroatoms. The molecule has 3 heterocycles. The van der Waals surface area contributed by atoms with E-state index in [-0.39, 0.29) is 6.79 Å². The van der Waals surface area contributed by atoms with Crippen molar-refractivity contribution in [2.24, 2.45) is 0 Å². The monoisotopic (exact) mass is 472 g/mol. The molecular weight excluding hydrogens is 440 g/mol. The minimum Gasteiger partial charge on any atom is -0.508 e. The number of phenolic OH excluding ortho intramolecular Hbond substituents is 1. The van der Waals surface area contributed by atoms with Gasteiger partial charge in [-0.15, -0.1) is 0 Å². The summed E-state index contributed by atoms with van der Waals surface area (Å²) in [4.78, 5) is 4.89. The summed E-state index contributed by atoms with van der Waals surface area (Å²) in [5.74, 6) is 2.77. The summed E-state index contributed by atoms with van der Waals surface area (Å²) in [5.41, 5.74) is 4.20. The molecule has 1 unspecified atom stereocenters. The Bertz CT molecular complexity index is 1210. The predicted molar refractivity (Wildman–Crippen MR) is 136 cm³/mol. The number of hydrogen-bond acceptors (Lipinski definition) is 6. The van der Waals surface area contributed by atoms with Crippen LogP contribution in [0, 0.1) is 0 Å². The number of nitrogens with zero attached hydrogens (tertiary/aromatic N) is 2. The van der Waals surface area contributed by atoms with Gasteiger partial charge < -0.3 is 24.2 Å². The second-order valence-corrected chi connectivity index (χ2v) is 9.77. The van der Waals surface area contributed by atoms with E-state index in [1.165, 1.54) is 42.6 Å². The van der Waals surface area contributed by atoms with Crippen LogP contribution in [0.4, 0.5) is 5.69 Å². The smallest absolute Gasteiger partial charge is 0.231 e. The Labute approximate surface area is 206 Å². The van der Waals surface area contributed by atoms with Crippen molar-refractivity contribution in [2.45, 2.75) is 31.7 Å². The lowest BCUT2D eigenvalue weighted by Gasteiger charge is -2.48. The molecule has 182 valence electrons. The van der Waals surface area contributed by atoms with Crippen molar-refractivity contribution in [1.82, 2.24) is 4.90 Å². The zero-order chi connectivity index (χ0) is 23.8. The van der Waals surface area contributed by atoms with Crippen molar-refractivity contribution in [1.29, 1.82) is 0 Å². The van der Waals surface area contributed by atoms with Crippen LogP contribution in [0.5, 0.6) is 23.0 Å². The molecule has 0 spiro atoms. The molecule has 1 fully saturated rings. The lowest BCUT2D eigenvalue weighted by molar-refractivity contribution is 0.174. The van der Waals surface area contributed by atoms with Crippen LogP contribution in [-0.2, 0) is 12.0 Å². The second kappa shape index (κ2) is 9.00. The molecule has 1 saturated heterocycles. The van der Waals surface area contributed by atoms with Gasteiger partial charge in [0.05, 0.1) is 5.54 Å². The summed E-state index contributed by atoms with van der Waals surface area (Å²) >= 11 is 0. The van der Waals surface area contributed by atoms with Gasteiger partial charge in [-0.05, 0) is 92.4 Å². The van der Waals surface area contributed by atoms with Crippen molar-refractivity contribution in [3.63, 3.8) is 0 Å². The first-order valence-electron chi connectivity index (χ1n) is 12.6. The highest BCUT2D eigenvalue weighted by Crippen LogP contribution is 2.46. The SMILES string of the molecule is CC1(c2ccc(OCCN3CCCC3)cc2)c2ccc(O)cc2CCN1c1ccc2c(c1)OCO2. The fourth-order valence-corrected chi connectivity index (χ4v) is 5.79. The van der Waals surface area contributed by atoms with E-state index in [4.69, 9.17) is 14.2 Å². The lowest BCUT2D eigenvalue weighted by atomic mass is 9.76. The number of likely N-dealkylation sites (tertiary alicyclic amines) is 1. The van der Waals surface area contributed by atoms with Crippen molar-refractivity contribution in [3.05, 3.63) is 77.4 Å². The van der Waals surface area contributed by atoms with Crippen LogP contribution in [0.2, 0.25) is 0 Å². The lowest BCUT2D eigenvalue weighted by Crippen LogP contribution is -2.49. The summed E-state index contributed by atoms with van der Waals surface area (Å²) in [6.07, 6.45) is 3.45. The molecule has 3 aliphatic rings. The van der Waals surface area contributed by atoms with E-state index in [1.54, 1.807) is 6.07 Å². The number of aromatic hydroxyl groups is 1. The maximum absolute atomic E-state index is 10.2. The normalized spacial score (nSPS) is 21.2. The molecule has 0 amide bonds. The molecule has 6 rings (SSSR count). The fourth-order valence-electron chi connectivity index (χ4n) is 5.79. The van der Waals surface area contributed by atoms with Crippen molar-refractivity contribution >= 4 is 5.69 Å². The van der Waals surface area contributed by atoms with Gasteiger partial charge in [0.1, 0.15) is 18.1 Å². The second-order valence-electron chi connectivity index (χ2n) is 9.77. The van der Waals surface area contributed by atoms with Crippen LogP contribution in [0.1, 0.15) is 36.5 Å². The molecule has 3 aliphatic heterocycles. The number of rotatable bonds is 6. The molecule has 6 nitrogen and oxygen atoms in total. The molecular formula is C29H32N2O4. The number of ether oxygens (including phenoxy) is 3. The standard InChI is InChI=1S/C29H32N2O4/c1-29(22-4-8-25(9-5-22)33-17-16-30-13-2-3-14-30)26-10-7-24(32)18-21(26)12-15-31(29)23-6-11-27-28(19-23)35-20-34-27/h4-11,18-19,32H,2-3,12-17,20H2,1H3. The van der Waals surface area contributed by atoms with Crippen LogP contribution in [0.3, 0.4) is 0 Å². The fraction of sp³-hybridized carbons (Fsp3) is 0.379. The molecule has 1 atom stereocenters. The summed E-state index contributed by atoms with van der Waals surface area (Å²) in [6, 6.07) is 20.4. The van der Waals surface area contributed by atoms with E-state index >= 15 is 0 Å². The molecule has 3 aromatic rings. The van der Waals surface area contributed by atoms with Gasteiger partial charge in [-0.2, -0.15) is 0 Å². The first kappa shape index (κ1) is 22.1. The van der Waals surface area contributed by atoms with Gasteiger partial charge in [0.2, 0.25) is 6.79 Å². The first-order chi connectivity index (χ1) is 17.1. The van der Waals surface area contributed by atoms with Gasteiger partial charge >= 0.3 is 0 Å². The maximum atomic E-state index is 10.2. The minimum absolute atomic E-state index is 0.261. The van der Waals surface area contributed by atoms with E-state index in [0.29, 0.717) is 12.4 Å². The van der Waals surface area contributed by atoms with Crippen molar-refractivity contribution in [2.75, 3.05) is 44.5 Å². The van der Waals surface area contributed by atoms with Gasteiger partial charge in [-0.3, -0.25) is 4.90 Å². The zero-order valence-corrected chi connectivity index (χ0v) is 20.2. The highest BCUT2D eigenvalue weighted by Gasteiger charge is 2.41. The topological polar surface area (TPSA) is 54.4 Å². The van der Waals surface area contributed by atoms with E-state index < -0.39 is 5.54 Å². The molecule has 3 aromatic carbocycles. The van der Waals surface area contributed by atoms with Crippen LogP contribution >= 0.6 is 0 Å². The molecule has 0 saturated carbocycles. The summed E-state index contributed by atoms with van der Waals surface area (Å²) < 4.78 is 17.3. The van der Waals surface area contributed by atoms with E-state index in [1.807, 2.05) is 12.1 Å². The highest BCUT2D eigenvalue weighted by molar-refractivity contribution is 5.64. The van der Waals surface area contributed by atoms with Gasteiger partial charge in [0, 0.05) is 24.8 Å². The molecule has 0 aromatic heterocycles. The third-order valence-corrected chi connectivity index (χ3v) is 7.72. The summed E-state index contributed by atoms with van der Waals surface area (Å²) in [6.45, 7) is 7.40. The van der Waals surface area contributed by atoms with Gasteiger partial charge in [-0.1, -0.05) is 18.2 Å². The zero-order valence-electron chi connectivity index (χ0n) is 20.2. The van der Waals surface area contributed by atoms with Crippen LogP contribution in [0.25, 0.3) is 0 Å². The quantitative estimate of drug-likeness (QED) is 0.550. The van der Waals surface area contributed by atoms with E-state index in [0.717, 1.165) is 42.4 Å². The first-order valence-corrected chi connectivity index (χ1v) is 12.6. The Morgan fingerprint density at radius 3 is 2.54 bits per heavy atom. The van der Waals surface area contributed by atoms with Crippen LogP contribution in [0.15, 0.2) is 60.7 Å². The van der Waals surface area contributed by atoms with Gasteiger partial charge in [0.15, 0.2) is 11.5 Å². The molecule has 35 heavy (non-hydrogen) atoms. The maximum Gasteiger partial charge on any atom is 0.231 e. The van der Waals surface area contributed by atoms with E-state index in [2.05, 4.69) is 59.2 Å². The molecule has 0 bridgehead atoms. The molecule has 0 aliphatic carbocycles. The average molecular weight is 473 g/mol. The van der Waals surface area contributed by atoms with Crippen molar-refractivity contribution < 1.29 is 19.3 Å². The van der Waals surface area contributed by atoms with Crippen LogP contribution in [-0.4, -0.2) is 49.6 Å². The number of benzene rings is 3. The van der Waals surface area contributed by atoms with E-state index in [9.17, 15) is 5.11 Å². The number of anilines is 1.